The number of fused-ring (bicyclic) bond motifs is 1. The van der Waals surface area contributed by atoms with Crippen molar-refractivity contribution in [1.82, 2.24) is 24.2 Å². The second-order valence-corrected chi connectivity index (χ2v) is 8.45. The Hall–Kier alpha value is -1.86. The molecule has 2 aromatic rings. The molecule has 2 aromatic heterocycles. The molecule has 0 spiro atoms. The molecule has 1 saturated heterocycles. The van der Waals surface area contributed by atoms with Crippen molar-refractivity contribution in [2.45, 2.75) is 44.5 Å². The van der Waals surface area contributed by atoms with E-state index in [1.165, 1.54) is 26.8 Å². The van der Waals surface area contributed by atoms with Crippen molar-refractivity contribution in [2.75, 3.05) is 25.6 Å². The monoisotopic (exact) mass is 400 g/mol. The minimum absolute atomic E-state index is 0.146. The summed E-state index contributed by atoms with van der Waals surface area (Å²) in [4.78, 5) is 12.4. The molecule has 3 rings (SSSR count). The number of nitrogens with zero attached hydrogens (tertiary/aromatic N) is 4. The summed E-state index contributed by atoms with van der Waals surface area (Å²) in [6.45, 7) is 3.73. The zero-order valence-electron chi connectivity index (χ0n) is 15.6. The Labute approximate surface area is 157 Å². The fraction of sp³-hybridized carbons (Fsp3) is 0.667. The summed E-state index contributed by atoms with van der Waals surface area (Å²) in [6, 6.07) is 0. The summed E-state index contributed by atoms with van der Waals surface area (Å²) >= 11 is 0. The van der Waals surface area contributed by atoms with Crippen molar-refractivity contribution in [1.29, 1.82) is 0 Å². The number of aromatic nitrogens is 4. The van der Waals surface area contributed by atoms with Crippen LogP contribution in [0.2, 0.25) is 0 Å². The zero-order chi connectivity index (χ0) is 19.8. The fourth-order valence-corrected chi connectivity index (χ4v) is 4.02. The summed E-state index contributed by atoms with van der Waals surface area (Å²) < 4.78 is 45.8. The molecule has 12 heteroatoms. The van der Waals surface area contributed by atoms with Crippen LogP contribution in [0.5, 0.6) is 0 Å². The highest BCUT2D eigenvalue weighted by molar-refractivity contribution is 7.89. The molecule has 0 saturated carbocycles. The first-order valence-electron chi connectivity index (χ1n) is 8.45. The van der Waals surface area contributed by atoms with E-state index >= 15 is 0 Å². The van der Waals surface area contributed by atoms with E-state index in [9.17, 15) is 8.42 Å². The molecule has 0 aromatic carbocycles. The first-order valence-corrected chi connectivity index (χ1v) is 10.1. The maximum Gasteiger partial charge on any atom is 0.214 e. The molecule has 0 aliphatic carbocycles. The smallest absolute Gasteiger partial charge is 0.214 e. The molecule has 0 radical (unpaired) electrons. The molecule has 3 N–H and O–H groups in total. The van der Waals surface area contributed by atoms with Gasteiger partial charge >= 0.3 is 0 Å². The summed E-state index contributed by atoms with van der Waals surface area (Å²) in [5, 5.41) is 0. The average molecular weight is 400 g/mol. The van der Waals surface area contributed by atoms with Gasteiger partial charge in [0.25, 0.3) is 0 Å². The van der Waals surface area contributed by atoms with Gasteiger partial charge in [-0.2, -0.15) is 0 Å². The molecular formula is C15H24N6O5S. The highest BCUT2D eigenvalue weighted by atomic mass is 32.2. The number of imidazole rings is 1. The Morgan fingerprint density at radius 3 is 2.70 bits per heavy atom. The number of ether oxygens (including phenoxy) is 3. The molecule has 0 amide bonds. The first kappa shape index (κ1) is 19.9. The van der Waals surface area contributed by atoms with Crippen molar-refractivity contribution in [3.05, 3.63) is 12.7 Å². The van der Waals surface area contributed by atoms with Gasteiger partial charge in [0.05, 0.1) is 18.2 Å². The van der Waals surface area contributed by atoms with Crippen LogP contribution in [0, 0.1) is 0 Å². The van der Waals surface area contributed by atoms with Gasteiger partial charge in [-0.3, -0.25) is 4.57 Å². The highest BCUT2D eigenvalue weighted by Crippen LogP contribution is 2.36. The third kappa shape index (κ3) is 3.89. The molecule has 0 bridgehead atoms. The van der Waals surface area contributed by atoms with Crippen LogP contribution in [0.15, 0.2) is 12.7 Å². The highest BCUT2D eigenvalue weighted by Gasteiger charge is 2.49. The van der Waals surface area contributed by atoms with Crippen LogP contribution in [-0.2, 0) is 24.2 Å². The van der Waals surface area contributed by atoms with Gasteiger partial charge in [-0.1, -0.05) is 0 Å². The summed E-state index contributed by atoms with van der Waals surface area (Å²) in [7, 11) is -0.645. The lowest BCUT2D eigenvalue weighted by atomic mass is 10.1. The van der Waals surface area contributed by atoms with E-state index < -0.39 is 34.6 Å². The lowest BCUT2D eigenvalue weighted by molar-refractivity contribution is -0.0767. The Balaban J connectivity index is 2.00. The third-order valence-electron chi connectivity index (χ3n) is 4.34. The maximum absolute atomic E-state index is 12.1. The van der Waals surface area contributed by atoms with E-state index in [4.69, 9.17) is 19.9 Å². The first-order chi connectivity index (χ1) is 12.8. The van der Waals surface area contributed by atoms with E-state index in [0.717, 1.165) is 0 Å². The van der Waals surface area contributed by atoms with Crippen LogP contribution in [0.1, 0.15) is 20.1 Å². The topological polar surface area (TPSA) is 143 Å². The maximum atomic E-state index is 12.1. The second kappa shape index (κ2) is 7.64. The molecule has 4 atom stereocenters. The van der Waals surface area contributed by atoms with Gasteiger partial charge in [0.2, 0.25) is 10.0 Å². The predicted octanol–water partition coefficient (Wildman–Crippen LogP) is -0.336. The van der Waals surface area contributed by atoms with Crippen molar-refractivity contribution in [3.63, 3.8) is 0 Å². The summed E-state index contributed by atoms with van der Waals surface area (Å²) in [5.74, 6) is -0.0175. The number of methoxy groups -OCH3 is 1. The van der Waals surface area contributed by atoms with Crippen LogP contribution < -0.4 is 10.5 Å². The summed E-state index contributed by atoms with van der Waals surface area (Å²) in [6.07, 6.45) is 0.113. The third-order valence-corrected chi connectivity index (χ3v) is 5.73. The van der Waals surface area contributed by atoms with Crippen LogP contribution in [0.4, 0.5) is 5.82 Å². The number of rotatable bonds is 7. The Morgan fingerprint density at radius 2 is 2.07 bits per heavy atom. The molecule has 27 heavy (non-hydrogen) atoms. The lowest BCUT2D eigenvalue weighted by Crippen LogP contribution is -2.42. The Bertz CT molecular complexity index is 901. The molecule has 1 aliphatic heterocycles. The average Bonchev–Trinajstić information content (AvgIpc) is 3.17. The van der Waals surface area contributed by atoms with Crippen LogP contribution in [0.25, 0.3) is 11.2 Å². The van der Waals surface area contributed by atoms with Gasteiger partial charge in [-0.25, -0.2) is 28.1 Å². The number of nitrogens with one attached hydrogen (secondary N) is 1. The van der Waals surface area contributed by atoms with Crippen molar-refractivity contribution in [3.8, 4) is 0 Å². The number of hydrogen-bond acceptors (Lipinski definition) is 9. The number of nitrogen functional groups attached to an aromatic ring is 1. The molecule has 3 heterocycles. The van der Waals surface area contributed by atoms with E-state index in [1.54, 1.807) is 4.57 Å². The minimum Gasteiger partial charge on any atom is -0.382 e. The molecule has 1 aliphatic rings. The van der Waals surface area contributed by atoms with Crippen molar-refractivity contribution < 1.29 is 22.6 Å². The minimum atomic E-state index is -3.53. The predicted molar refractivity (Wildman–Crippen MR) is 97.3 cm³/mol. The van der Waals surface area contributed by atoms with Gasteiger partial charge in [0.15, 0.2) is 17.7 Å². The molecule has 11 nitrogen and oxygen atoms in total. The van der Waals surface area contributed by atoms with Crippen LogP contribution >= 0.6 is 0 Å². The van der Waals surface area contributed by atoms with Gasteiger partial charge in [-0.15, -0.1) is 0 Å². The number of sulfonamides is 1. The number of anilines is 1. The number of hydrogen-bond donors (Lipinski definition) is 2. The van der Waals surface area contributed by atoms with Gasteiger partial charge < -0.3 is 19.9 Å². The fourth-order valence-electron chi connectivity index (χ4n) is 3.15. The largest absolute Gasteiger partial charge is 0.382 e. The van der Waals surface area contributed by atoms with Crippen LogP contribution in [0.3, 0.4) is 0 Å². The van der Waals surface area contributed by atoms with E-state index in [-0.39, 0.29) is 17.7 Å². The quantitative estimate of drug-likeness (QED) is 0.638. The normalized spacial score (nSPS) is 26.3. The molecular weight excluding hydrogens is 376 g/mol. The standard InChI is InChI=1S/C15H24N6O5S/c1-8(2)25-11-9(5-27(22,23)17-3)26-15(12(11)24-4)21-7-20-10-13(16)18-6-19-14(10)21/h6-9,11-12,15,17H,5H2,1-4H3,(H2,16,18,19)/t9?,11-,12-,15-/m1/s1. The Kier molecular flexibility index (Phi) is 5.63. The van der Waals surface area contributed by atoms with Crippen molar-refractivity contribution in [2.24, 2.45) is 0 Å². The Morgan fingerprint density at radius 1 is 1.33 bits per heavy atom. The zero-order valence-corrected chi connectivity index (χ0v) is 16.4. The van der Waals surface area contributed by atoms with E-state index in [0.29, 0.717) is 11.2 Å². The summed E-state index contributed by atoms with van der Waals surface area (Å²) in [5.41, 5.74) is 6.75. The second-order valence-electron chi connectivity index (χ2n) is 6.48. The lowest BCUT2D eigenvalue weighted by Gasteiger charge is -2.25. The van der Waals surface area contributed by atoms with Gasteiger partial charge in [0.1, 0.15) is 30.2 Å². The SMILES string of the molecule is CNS(=O)(=O)CC1O[C@@H](n2cnc3c(N)ncnc32)[C@H](OC)[C@@H]1OC(C)C. The van der Waals surface area contributed by atoms with Gasteiger partial charge in [-0.05, 0) is 20.9 Å². The van der Waals surface area contributed by atoms with Crippen molar-refractivity contribution >= 4 is 27.0 Å². The molecule has 1 unspecified atom stereocenters. The van der Waals surface area contributed by atoms with Crippen LogP contribution in [-0.4, -0.2) is 72.3 Å². The van der Waals surface area contributed by atoms with Gasteiger partial charge in [0, 0.05) is 7.11 Å². The van der Waals surface area contributed by atoms with E-state index in [1.807, 2.05) is 13.8 Å². The molecule has 150 valence electrons. The van der Waals surface area contributed by atoms with E-state index in [2.05, 4.69) is 19.7 Å². The number of nitrogens with two attached hydrogens (primary N) is 1. The molecule has 1 fully saturated rings.